The summed E-state index contributed by atoms with van der Waals surface area (Å²) in [5.74, 6) is 1.51. The molecule has 6 nitrogen and oxygen atoms in total. The molecule has 1 aliphatic heterocycles. The number of halogens is 1. The van der Waals surface area contributed by atoms with Gasteiger partial charge in [-0.2, -0.15) is 0 Å². The molecule has 7 heteroatoms. The van der Waals surface area contributed by atoms with Gasteiger partial charge in [-0.25, -0.2) is 0 Å². The van der Waals surface area contributed by atoms with Crippen LogP contribution in [-0.4, -0.2) is 87.9 Å². The molecule has 1 rings (SSSR count). The minimum Gasteiger partial charge on any atom is -0.381 e. The van der Waals surface area contributed by atoms with Crippen LogP contribution in [0, 0.1) is 5.92 Å². The Labute approximate surface area is 184 Å². The lowest BCUT2D eigenvalue weighted by molar-refractivity contribution is 0.125. The third kappa shape index (κ3) is 13.7. The fourth-order valence-electron chi connectivity index (χ4n) is 3.10. The van der Waals surface area contributed by atoms with Crippen LogP contribution in [-0.2, 0) is 4.74 Å². The van der Waals surface area contributed by atoms with Crippen LogP contribution in [0.1, 0.15) is 47.0 Å². The van der Waals surface area contributed by atoms with Gasteiger partial charge in [-0.3, -0.25) is 4.99 Å². The van der Waals surface area contributed by atoms with Crippen molar-refractivity contribution < 1.29 is 4.74 Å². The molecule has 0 aromatic carbocycles. The van der Waals surface area contributed by atoms with Gasteiger partial charge in [-0.15, -0.1) is 24.0 Å². The number of likely N-dealkylation sites (N-methyl/N-ethyl adjacent to an activating group) is 1. The van der Waals surface area contributed by atoms with E-state index in [0.717, 1.165) is 58.2 Å². The molecule has 27 heavy (non-hydrogen) atoms. The number of nitrogens with one attached hydrogen (secondary N) is 2. The highest BCUT2D eigenvalue weighted by Gasteiger charge is 2.17. The molecule has 2 N–H and O–H groups in total. The Morgan fingerprint density at radius 3 is 2.30 bits per heavy atom. The predicted octanol–water partition coefficient (Wildman–Crippen LogP) is 2.64. The molecule has 0 aromatic heterocycles. The fourth-order valence-corrected chi connectivity index (χ4v) is 3.10. The second kappa shape index (κ2) is 17.9. The van der Waals surface area contributed by atoms with Gasteiger partial charge in [0.05, 0.1) is 0 Å². The maximum atomic E-state index is 5.60. The second-order valence-electron chi connectivity index (χ2n) is 7.31. The summed E-state index contributed by atoms with van der Waals surface area (Å²) in [6.07, 6.45) is 3.37. The van der Waals surface area contributed by atoms with Gasteiger partial charge in [0.25, 0.3) is 0 Å². The third-order valence-electron chi connectivity index (χ3n) is 4.79. The van der Waals surface area contributed by atoms with Crippen molar-refractivity contribution in [3.05, 3.63) is 0 Å². The minimum absolute atomic E-state index is 0. The highest BCUT2D eigenvalue weighted by Crippen LogP contribution is 2.06. The van der Waals surface area contributed by atoms with Gasteiger partial charge in [0.1, 0.15) is 0 Å². The fraction of sp³-hybridized carbons (Fsp3) is 0.950. The highest BCUT2D eigenvalue weighted by molar-refractivity contribution is 14.0. The monoisotopic (exact) mass is 497 g/mol. The van der Waals surface area contributed by atoms with Crippen LogP contribution >= 0.6 is 24.0 Å². The Morgan fingerprint density at radius 2 is 1.67 bits per heavy atom. The summed E-state index contributed by atoms with van der Waals surface area (Å²) in [5, 5.41) is 6.77. The van der Waals surface area contributed by atoms with Gasteiger partial charge in [0.15, 0.2) is 5.96 Å². The van der Waals surface area contributed by atoms with Gasteiger partial charge < -0.3 is 25.2 Å². The van der Waals surface area contributed by atoms with E-state index in [2.05, 4.69) is 48.1 Å². The molecule has 0 saturated carbocycles. The topological polar surface area (TPSA) is 52.1 Å². The number of rotatable bonds is 13. The number of hydrogen-bond acceptors (Lipinski definition) is 4. The molecule has 0 radical (unpaired) electrons. The smallest absolute Gasteiger partial charge is 0.191 e. The normalized spacial score (nSPS) is 17.4. The number of aliphatic imine (C=N–C) groups is 1. The van der Waals surface area contributed by atoms with E-state index in [1.807, 2.05) is 0 Å². The van der Waals surface area contributed by atoms with Crippen molar-refractivity contribution in [3.8, 4) is 0 Å². The summed E-state index contributed by atoms with van der Waals surface area (Å²) in [6.45, 7) is 20.4. The molecule has 1 aliphatic rings. The molecule has 1 saturated heterocycles. The molecule has 0 bridgehead atoms. The summed E-state index contributed by atoms with van der Waals surface area (Å²) in [6, 6.07) is 0. The quantitative estimate of drug-likeness (QED) is 0.177. The van der Waals surface area contributed by atoms with Gasteiger partial charge >= 0.3 is 0 Å². The molecule has 1 heterocycles. The van der Waals surface area contributed by atoms with Crippen molar-refractivity contribution in [2.75, 3.05) is 72.1 Å². The van der Waals surface area contributed by atoms with Gasteiger partial charge in [-0.1, -0.05) is 27.2 Å². The van der Waals surface area contributed by atoms with E-state index in [1.165, 1.54) is 39.1 Å². The summed E-state index contributed by atoms with van der Waals surface area (Å²) < 4.78 is 5.60. The SMILES string of the molecule is CCCCOCCCNC(=NCC(C)CN1CCN(CC)CC1)NCC.I. The van der Waals surface area contributed by atoms with Crippen molar-refractivity contribution in [2.45, 2.75) is 47.0 Å². The lowest BCUT2D eigenvalue weighted by atomic mass is 10.1. The van der Waals surface area contributed by atoms with E-state index in [1.54, 1.807) is 0 Å². The second-order valence-corrected chi connectivity index (χ2v) is 7.31. The minimum atomic E-state index is 0. The molecular formula is C20H44IN5O. The molecule has 1 fully saturated rings. The Morgan fingerprint density at radius 1 is 1.00 bits per heavy atom. The van der Waals surface area contributed by atoms with Crippen LogP contribution in [0.15, 0.2) is 4.99 Å². The first kappa shape index (κ1) is 26.9. The number of guanidine groups is 1. The lowest BCUT2D eigenvalue weighted by Crippen LogP contribution is -2.47. The first-order chi connectivity index (χ1) is 12.7. The Kier molecular flexibility index (Phi) is 17.9. The maximum Gasteiger partial charge on any atom is 0.191 e. The lowest BCUT2D eigenvalue weighted by Gasteiger charge is -2.35. The first-order valence-electron chi connectivity index (χ1n) is 10.7. The Balaban J connectivity index is 0.00000676. The van der Waals surface area contributed by atoms with Crippen LogP contribution in [0.3, 0.4) is 0 Å². The van der Waals surface area contributed by atoms with Crippen LogP contribution in [0.25, 0.3) is 0 Å². The molecule has 0 spiro atoms. The van der Waals surface area contributed by atoms with E-state index in [4.69, 9.17) is 9.73 Å². The van der Waals surface area contributed by atoms with E-state index in [-0.39, 0.29) is 24.0 Å². The molecular weight excluding hydrogens is 453 g/mol. The van der Waals surface area contributed by atoms with E-state index < -0.39 is 0 Å². The number of ether oxygens (including phenoxy) is 1. The number of nitrogens with zero attached hydrogens (tertiary/aromatic N) is 3. The third-order valence-corrected chi connectivity index (χ3v) is 4.79. The molecule has 162 valence electrons. The average Bonchev–Trinajstić information content (AvgIpc) is 2.66. The van der Waals surface area contributed by atoms with Crippen molar-refractivity contribution in [1.29, 1.82) is 0 Å². The Bertz CT molecular complexity index is 362. The van der Waals surface area contributed by atoms with Crippen LogP contribution in [0.5, 0.6) is 0 Å². The molecule has 0 amide bonds. The van der Waals surface area contributed by atoms with Crippen molar-refractivity contribution in [2.24, 2.45) is 10.9 Å². The van der Waals surface area contributed by atoms with E-state index in [9.17, 15) is 0 Å². The van der Waals surface area contributed by atoms with E-state index in [0.29, 0.717) is 5.92 Å². The number of unbranched alkanes of at least 4 members (excludes halogenated alkanes) is 1. The molecule has 0 aliphatic carbocycles. The number of piperazine rings is 1. The summed E-state index contributed by atoms with van der Waals surface area (Å²) in [7, 11) is 0. The van der Waals surface area contributed by atoms with Crippen LogP contribution < -0.4 is 10.6 Å². The first-order valence-corrected chi connectivity index (χ1v) is 10.7. The van der Waals surface area contributed by atoms with Crippen LogP contribution in [0.2, 0.25) is 0 Å². The summed E-state index contributed by atoms with van der Waals surface area (Å²) in [4.78, 5) is 9.88. The predicted molar refractivity (Wildman–Crippen MR) is 127 cm³/mol. The zero-order valence-electron chi connectivity index (χ0n) is 18.1. The maximum absolute atomic E-state index is 5.60. The summed E-state index contributed by atoms with van der Waals surface area (Å²) >= 11 is 0. The zero-order chi connectivity index (χ0) is 19.0. The van der Waals surface area contributed by atoms with Gasteiger partial charge in [0, 0.05) is 65.6 Å². The number of hydrogen-bond donors (Lipinski definition) is 2. The Hall–Kier alpha value is -0.120. The highest BCUT2D eigenvalue weighted by atomic mass is 127. The molecule has 1 atom stereocenters. The largest absolute Gasteiger partial charge is 0.381 e. The van der Waals surface area contributed by atoms with Gasteiger partial charge in [-0.05, 0) is 32.2 Å². The van der Waals surface area contributed by atoms with Crippen molar-refractivity contribution in [1.82, 2.24) is 20.4 Å². The van der Waals surface area contributed by atoms with Crippen molar-refractivity contribution >= 4 is 29.9 Å². The summed E-state index contributed by atoms with van der Waals surface area (Å²) in [5.41, 5.74) is 0. The standard InChI is InChI=1S/C20H43N5O.HI/c1-5-8-15-26-16-9-10-22-20(21-6-2)23-17-19(4)18-25-13-11-24(7-3)12-14-25;/h19H,5-18H2,1-4H3,(H2,21,22,23);1H. The van der Waals surface area contributed by atoms with Crippen LogP contribution in [0.4, 0.5) is 0 Å². The van der Waals surface area contributed by atoms with Crippen molar-refractivity contribution in [3.63, 3.8) is 0 Å². The molecule has 1 unspecified atom stereocenters. The van der Waals surface area contributed by atoms with Gasteiger partial charge in [0.2, 0.25) is 0 Å². The molecule has 0 aromatic rings. The average molecular weight is 498 g/mol. The zero-order valence-corrected chi connectivity index (χ0v) is 20.5. The van der Waals surface area contributed by atoms with E-state index >= 15 is 0 Å².